The number of hydrogen-bond donors (Lipinski definition) is 1. The maximum Gasteiger partial charge on any atom is 0.243 e. The van der Waals surface area contributed by atoms with Crippen molar-refractivity contribution >= 4 is 33.4 Å². The molecule has 156 valence electrons. The number of amides is 1. The third-order valence-corrected chi connectivity index (χ3v) is 7.42. The summed E-state index contributed by atoms with van der Waals surface area (Å²) in [6, 6.07) is 4.83. The van der Waals surface area contributed by atoms with Crippen molar-refractivity contribution in [1.29, 1.82) is 0 Å². The molecule has 0 radical (unpaired) electrons. The van der Waals surface area contributed by atoms with Crippen LogP contribution in [-0.4, -0.2) is 57.7 Å². The van der Waals surface area contributed by atoms with Crippen molar-refractivity contribution in [2.75, 3.05) is 24.2 Å². The Bertz CT molecular complexity index is 983. The van der Waals surface area contributed by atoms with Crippen LogP contribution in [0, 0.1) is 6.92 Å². The molecule has 1 aliphatic rings. The summed E-state index contributed by atoms with van der Waals surface area (Å²) in [5.74, 6) is -0.168. The van der Waals surface area contributed by atoms with Crippen LogP contribution in [0.4, 0.5) is 5.69 Å². The number of tetrazole rings is 1. The SMILES string of the molecule is C=CCn1nnnc1SCC(=O)Nc1cc(S(=O)(=O)N2CCCCC2)ccc1C. The molecule has 1 aromatic carbocycles. The number of carbonyl (C=O) groups is 1. The molecule has 0 unspecified atom stereocenters. The second-order valence-corrected chi connectivity index (χ2v) is 9.59. The van der Waals surface area contributed by atoms with Gasteiger partial charge in [-0.2, -0.15) is 4.31 Å². The highest BCUT2D eigenvalue weighted by Crippen LogP contribution is 2.25. The second-order valence-electron chi connectivity index (χ2n) is 6.71. The van der Waals surface area contributed by atoms with E-state index in [0.717, 1.165) is 24.8 Å². The molecule has 1 fully saturated rings. The molecule has 2 heterocycles. The summed E-state index contributed by atoms with van der Waals surface area (Å²) in [5.41, 5.74) is 1.27. The largest absolute Gasteiger partial charge is 0.325 e. The predicted molar refractivity (Wildman–Crippen MR) is 111 cm³/mol. The number of nitrogens with one attached hydrogen (secondary N) is 1. The number of allylic oxidation sites excluding steroid dienone is 1. The Hall–Kier alpha value is -2.24. The minimum Gasteiger partial charge on any atom is -0.325 e. The zero-order valence-electron chi connectivity index (χ0n) is 16.2. The Kier molecular flexibility index (Phi) is 7.04. The normalized spacial score (nSPS) is 15.2. The van der Waals surface area contributed by atoms with E-state index in [0.29, 0.717) is 30.5 Å². The van der Waals surface area contributed by atoms with Gasteiger partial charge >= 0.3 is 0 Å². The summed E-state index contributed by atoms with van der Waals surface area (Å²) in [6.45, 7) is 6.99. The lowest BCUT2D eigenvalue weighted by atomic mass is 10.2. The van der Waals surface area contributed by atoms with Crippen LogP contribution in [0.2, 0.25) is 0 Å². The van der Waals surface area contributed by atoms with Crippen LogP contribution in [0.15, 0.2) is 40.9 Å². The van der Waals surface area contributed by atoms with E-state index in [1.54, 1.807) is 22.9 Å². The number of thioether (sulfide) groups is 1. The van der Waals surface area contributed by atoms with Crippen LogP contribution in [0.3, 0.4) is 0 Å². The van der Waals surface area contributed by atoms with Gasteiger partial charge < -0.3 is 5.32 Å². The topological polar surface area (TPSA) is 110 Å². The van der Waals surface area contributed by atoms with Gasteiger partial charge in [0.1, 0.15) is 0 Å². The molecule has 1 aromatic heterocycles. The number of aryl methyl sites for hydroxylation is 1. The Morgan fingerprint density at radius 1 is 1.31 bits per heavy atom. The van der Waals surface area contributed by atoms with Gasteiger partial charge in [-0.25, -0.2) is 13.1 Å². The number of aromatic nitrogens is 4. The maximum atomic E-state index is 12.9. The third kappa shape index (κ3) is 5.22. The van der Waals surface area contributed by atoms with Crippen molar-refractivity contribution in [1.82, 2.24) is 24.5 Å². The van der Waals surface area contributed by atoms with Crippen LogP contribution in [0.25, 0.3) is 0 Å². The quantitative estimate of drug-likeness (QED) is 0.498. The van der Waals surface area contributed by atoms with Crippen LogP contribution in [0.1, 0.15) is 24.8 Å². The average Bonchev–Trinajstić information content (AvgIpc) is 3.16. The van der Waals surface area contributed by atoms with Gasteiger partial charge in [0.25, 0.3) is 0 Å². The standard InChI is InChI=1S/C18H24N6O3S2/c1-3-9-24-18(20-21-22-24)28-13-17(25)19-16-12-15(8-7-14(16)2)29(26,27)23-10-5-4-6-11-23/h3,7-8,12H,1,4-6,9-11,13H2,2H3,(H,19,25). The summed E-state index contributed by atoms with van der Waals surface area (Å²) in [5, 5.41) is 14.6. The van der Waals surface area contributed by atoms with Crippen molar-refractivity contribution in [2.24, 2.45) is 0 Å². The molecule has 0 aliphatic carbocycles. The lowest BCUT2D eigenvalue weighted by molar-refractivity contribution is -0.113. The van der Waals surface area contributed by atoms with Gasteiger partial charge in [-0.05, 0) is 47.9 Å². The molecule has 1 aliphatic heterocycles. The van der Waals surface area contributed by atoms with Crippen molar-refractivity contribution in [2.45, 2.75) is 42.8 Å². The predicted octanol–water partition coefficient (Wildman–Crippen LogP) is 2.07. The summed E-state index contributed by atoms with van der Waals surface area (Å²) in [6.07, 6.45) is 4.46. The number of anilines is 1. The fourth-order valence-electron chi connectivity index (χ4n) is 3.00. The lowest BCUT2D eigenvalue weighted by Crippen LogP contribution is -2.35. The summed E-state index contributed by atoms with van der Waals surface area (Å²) in [4.78, 5) is 12.6. The molecule has 0 atom stereocenters. The van der Waals surface area contributed by atoms with E-state index in [1.807, 2.05) is 6.92 Å². The number of benzene rings is 1. The Balaban J connectivity index is 1.68. The number of hydrogen-bond acceptors (Lipinski definition) is 7. The fraction of sp³-hybridized carbons (Fsp3) is 0.444. The summed E-state index contributed by atoms with van der Waals surface area (Å²) < 4.78 is 28.8. The number of carbonyl (C=O) groups excluding carboxylic acids is 1. The van der Waals surface area contributed by atoms with Crippen LogP contribution < -0.4 is 5.32 Å². The van der Waals surface area contributed by atoms with E-state index in [9.17, 15) is 13.2 Å². The van der Waals surface area contributed by atoms with Gasteiger partial charge in [-0.3, -0.25) is 4.79 Å². The van der Waals surface area contributed by atoms with Gasteiger partial charge in [-0.15, -0.1) is 11.7 Å². The third-order valence-electron chi connectivity index (χ3n) is 4.57. The molecule has 1 saturated heterocycles. The Morgan fingerprint density at radius 2 is 2.07 bits per heavy atom. The molecule has 1 N–H and O–H groups in total. The first-order chi connectivity index (χ1) is 13.9. The maximum absolute atomic E-state index is 12.9. The van der Waals surface area contributed by atoms with Crippen molar-refractivity contribution < 1.29 is 13.2 Å². The van der Waals surface area contributed by atoms with E-state index < -0.39 is 10.0 Å². The van der Waals surface area contributed by atoms with Crippen LogP contribution in [-0.2, 0) is 21.4 Å². The van der Waals surface area contributed by atoms with Gasteiger partial charge in [-0.1, -0.05) is 30.3 Å². The molecule has 1 amide bonds. The molecule has 0 spiro atoms. The highest BCUT2D eigenvalue weighted by atomic mass is 32.2. The van der Waals surface area contributed by atoms with E-state index in [-0.39, 0.29) is 16.6 Å². The Morgan fingerprint density at radius 3 is 2.79 bits per heavy atom. The number of rotatable bonds is 8. The monoisotopic (exact) mass is 436 g/mol. The first-order valence-corrected chi connectivity index (χ1v) is 11.7. The molecular formula is C18H24N6O3S2. The van der Waals surface area contributed by atoms with Crippen LogP contribution >= 0.6 is 11.8 Å². The lowest BCUT2D eigenvalue weighted by Gasteiger charge is -2.26. The Labute approximate surface area is 174 Å². The number of sulfonamides is 1. The fourth-order valence-corrected chi connectivity index (χ4v) is 5.23. The molecular weight excluding hydrogens is 412 g/mol. The first-order valence-electron chi connectivity index (χ1n) is 9.32. The average molecular weight is 437 g/mol. The molecule has 11 heteroatoms. The summed E-state index contributed by atoms with van der Waals surface area (Å²) >= 11 is 1.20. The van der Waals surface area contributed by atoms with E-state index in [2.05, 4.69) is 27.4 Å². The molecule has 29 heavy (non-hydrogen) atoms. The molecule has 9 nitrogen and oxygen atoms in total. The highest BCUT2D eigenvalue weighted by molar-refractivity contribution is 7.99. The van der Waals surface area contributed by atoms with Crippen molar-refractivity contribution in [3.8, 4) is 0 Å². The van der Waals surface area contributed by atoms with Gasteiger partial charge in [0, 0.05) is 18.8 Å². The minimum absolute atomic E-state index is 0.0973. The molecule has 0 bridgehead atoms. The van der Waals surface area contributed by atoms with E-state index in [1.165, 1.54) is 22.1 Å². The van der Waals surface area contributed by atoms with Crippen molar-refractivity contribution in [3.63, 3.8) is 0 Å². The van der Waals surface area contributed by atoms with Gasteiger partial charge in [0.15, 0.2) is 0 Å². The minimum atomic E-state index is -3.56. The van der Waals surface area contributed by atoms with E-state index >= 15 is 0 Å². The zero-order chi connectivity index (χ0) is 20.9. The molecule has 3 rings (SSSR count). The molecule has 2 aromatic rings. The smallest absolute Gasteiger partial charge is 0.243 e. The van der Waals surface area contributed by atoms with Gasteiger partial charge in [0.05, 0.1) is 17.2 Å². The van der Waals surface area contributed by atoms with E-state index in [4.69, 9.17) is 0 Å². The first kappa shape index (κ1) is 21.5. The van der Waals surface area contributed by atoms with Crippen molar-refractivity contribution in [3.05, 3.63) is 36.4 Å². The molecule has 0 saturated carbocycles. The zero-order valence-corrected chi connectivity index (χ0v) is 17.9. The number of nitrogens with zero attached hydrogens (tertiary/aromatic N) is 5. The highest BCUT2D eigenvalue weighted by Gasteiger charge is 2.26. The van der Waals surface area contributed by atoms with Crippen LogP contribution in [0.5, 0.6) is 0 Å². The number of piperidine rings is 1. The summed E-state index contributed by atoms with van der Waals surface area (Å²) in [7, 11) is -3.56. The van der Waals surface area contributed by atoms with Gasteiger partial charge in [0.2, 0.25) is 21.1 Å². The second kappa shape index (κ2) is 9.51.